The van der Waals surface area contributed by atoms with E-state index in [0.717, 1.165) is 12.8 Å². The maximum atomic E-state index is 12.0. The van der Waals surface area contributed by atoms with Crippen molar-refractivity contribution in [3.05, 3.63) is 0 Å². The third-order valence-corrected chi connectivity index (χ3v) is 4.59. The number of phosphoric ester groups is 1. The van der Waals surface area contributed by atoms with Gasteiger partial charge in [-0.25, -0.2) is 4.57 Å². The van der Waals surface area contributed by atoms with Gasteiger partial charge in [0.1, 0.15) is 19.8 Å². The fourth-order valence-electron chi connectivity index (χ4n) is 1.99. The zero-order chi connectivity index (χ0) is 21.6. The quantitative estimate of drug-likeness (QED) is 0.174. The van der Waals surface area contributed by atoms with Crippen molar-refractivity contribution in [3.8, 4) is 0 Å². The van der Waals surface area contributed by atoms with E-state index in [4.69, 9.17) is 18.5 Å². The van der Waals surface area contributed by atoms with Crippen molar-refractivity contribution < 1.29 is 42.1 Å². The standard InChI is InChI=1S/C18H36NO8P/c1-6-8-9-11-18(21)27-16(14-24-17(20)10-7-2)15-26-28(22,23)25-13-12-19(3,4)5/h16H,6-15H2,1-5H3/p+1/t16-/m1/s1. The molecule has 2 atom stereocenters. The second kappa shape index (κ2) is 14.1. The highest BCUT2D eigenvalue weighted by Gasteiger charge is 2.26. The number of ether oxygens (including phenoxy) is 2. The van der Waals surface area contributed by atoms with Crippen molar-refractivity contribution in [1.29, 1.82) is 0 Å². The van der Waals surface area contributed by atoms with Gasteiger partial charge in [0.25, 0.3) is 0 Å². The monoisotopic (exact) mass is 426 g/mol. The molecule has 0 spiro atoms. The minimum absolute atomic E-state index is 0.0320. The molecule has 0 bridgehead atoms. The highest BCUT2D eigenvalue weighted by molar-refractivity contribution is 7.47. The molecule has 0 heterocycles. The van der Waals surface area contributed by atoms with Gasteiger partial charge in [-0.2, -0.15) is 0 Å². The van der Waals surface area contributed by atoms with Gasteiger partial charge >= 0.3 is 19.8 Å². The van der Waals surface area contributed by atoms with Gasteiger partial charge in [0, 0.05) is 12.8 Å². The summed E-state index contributed by atoms with van der Waals surface area (Å²) in [4.78, 5) is 33.3. The van der Waals surface area contributed by atoms with Crippen LogP contribution >= 0.6 is 7.82 Å². The molecule has 166 valence electrons. The fraction of sp³-hybridized carbons (Fsp3) is 0.889. The summed E-state index contributed by atoms with van der Waals surface area (Å²) in [5.41, 5.74) is 0. The first-order valence-corrected chi connectivity index (χ1v) is 11.3. The molecule has 0 aliphatic rings. The van der Waals surface area contributed by atoms with Gasteiger partial charge in [0.2, 0.25) is 0 Å². The highest BCUT2D eigenvalue weighted by atomic mass is 31.2. The first-order valence-electron chi connectivity index (χ1n) is 9.76. The van der Waals surface area contributed by atoms with Gasteiger partial charge in [0.05, 0.1) is 27.7 Å². The Morgan fingerprint density at radius 2 is 1.64 bits per heavy atom. The number of unbranched alkanes of at least 4 members (excludes halogenated alkanes) is 2. The Hall–Kier alpha value is -0.990. The number of quaternary nitrogens is 1. The van der Waals surface area contributed by atoms with Crippen LogP contribution in [-0.4, -0.2) is 74.9 Å². The lowest BCUT2D eigenvalue weighted by Gasteiger charge is -2.24. The summed E-state index contributed by atoms with van der Waals surface area (Å²) in [5, 5.41) is 0. The fourth-order valence-corrected chi connectivity index (χ4v) is 2.73. The van der Waals surface area contributed by atoms with Crippen LogP contribution < -0.4 is 0 Å². The second-order valence-electron chi connectivity index (χ2n) is 7.61. The van der Waals surface area contributed by atoms with E-state index >= 15 is 0 Å². The largest absolute Gasteiger partial charge is 0.472 e. The summed E-state index contributed by atoms with van der Waals surface area (Å²) in [6.45, 7) is 3.76. The number of esters is 2. The summed E-state index contributed by atoms with van der Waals surface area (Å²) in [6.07, 6.45) is 2.67. The number of likely N-dealkylation sites (N-methyl/N-ethyl adjacent to an activating group) is 1. The van der Waals surface area contributed by atoms with Crippen molar-refractivity contribution in [1.82, 2.24) is 0 Å². The van der Waals surface area contributed by atoms with Gasteiger partial charge in [-0.15, -0.1) is 0 Å². The zero-order valence-electron chi connectivity index (χ0n) is 17.8. The van der Waals surface area contributed by atoms with Crippen molar-refractivity contribution in [3.63, 3.8) is 0 Å². The van der Waals surface area contributed by atoms with Crippen LogP contribution in [0.25, 0.3) is 0 Å². The van der Waals surface area contributed by atoms with E-state index in [1.54, 1.807) is 0 Å². The maximum Gasteiger partial charge on any atom is 0.472 e. The van der Waals surface area contributed by atoms with Crippen molar-refractivity contribution in [2.45, 2.75) is 58.5 Å². The number of carbonyl (C=O) groups is 2. The SMILES string of the molecule is CCCCCC(=O)O[C@H](COC(=O)CCC)COP(=O)(O)OCC[N+](C)(C)C. The molecule has 9 nitrogen and oxygen atoms in total. The number of rotatable bonds is 16. The molecule has 28 heavy (non-hydrogen) atoms. The van der Waals surface area contributed by atoms with Crippen molar-refractivity contribution >= 4 is 19.8 Å². The van der Waals surface area contributed by atoms with E-state index in [0.29, 0.717) is 23.9 Å². The molecule has 10 heteroatoms. The minimum atomic E-state index is -4.30. The highest BCUT2D eigenvalue weighted by Crippen LogP contribution is 2.43. The lowest BCUT2D eigenvalue weighted by molar-refractivity contribution is -0.870. The summed E-state index contributed by atoms with van der Waals surface area (Å²) in [5.74, 6) is -0.895. The first kappa shape index (κ1) is 27.0. The van der Waals surface area contributed by atoms with Crippen molar-refractivity contribution in [2.75, 3.05) is 47.5 Å². The average Bonchev–Trinajstić information content (AvgIpc) is 2.56. The predicted molar refractivity (Wildman–Crippen MR) is 105 cm³/mol. The van der Waals surface area contributed by atoms with E-state index in [-0.39, 0.29) is 26.1 Å². The van der Waals surface area contributed by atoms with Crippen LogP contribution in [0.15, 0.2) is 0 Å². The average molecular weight is 426 g/mol. The Morgan fingerprint density at radius 1 is 0.964 bits per heavy atom. The van der Waals surface area contributed by atoms with E-state index < -0.39 is 32.5 Å². The third-order valence-electron chi connectivity index (χ3n) is 3.61. The molecular formula is C18H37NO8P+. The molecule has 0 aliphatic carbocycles. The molecule has 0 fully saturated rings. The third kappa shape index (κ3) is 16.0. The zero-order valence-corrected chi connectivity index (χ0v) is 18.7. The second-order valence-corrected chi connectivity index (χ2v) is 9.07. The van der Waals surface area contributed by atoms with E-state index in [1.807, 2.05) is 35.0 Å². The number of hydrogen-bond donors (Lipinski definition) is 1. The Morgan fingerprint density at radius 3 is 2.21 bits per heavy atom. The molecule has 0 aromatic heterocycles. The van der Waals surface area contributed by atoms with Crippen LogP contribution in [0.3, 0.4) is 0 Å². The maximum absolute atomic E-state index is 12.0. The number of carbonyl (C=O) groups excluding carboxylic acids is 2. The Labute approximate surface area is 168 Å². The summed E-state index contributed by atoms with van der Waals surface area (Å²) >= 11 is 0. The summed E-state index contributed by atoms with van der Waals surface area (Å²) in [6, 6.07) is 0. The normalized spacial score (nSPS) is 14.9. The molecule has 0 saturated carbocycles. The molecule has 1 N–H and O–H groups in total. The van der Waals surface area contributed by atoms with E-state index in [2.05, 4.69) is 0 Å². The van der Waals surface area contributed by atoms with Crippen LogP contribution in [0, 0.1) is 0 Å². The van der Waals surface area contributed by atoms with Gasteiger partial charge < -0.3 is 18.9 Å². The topological polar surface area (TPSA) is 108 Å². The number of hydrogen-bond acceptors (Lipinski definition) is 7. The Kier molecular flexibility index (Phi) is 13.6. The minimum Gasteiger partial charge on any atom is -0.462 e. The van der Waals surface area contributed by atoms with Gasteiger partial charge in [-0.1, -0.05) is 26.7 Å². The molecule has 1 unspecified atom stereocenters. The van der Waals surface area contributed by atoms with Gasteiger partial charge in [-0.05, 0) is 12.8 Å². The first-order chi connectivity index (χ1) is 13.0. The van der Waals surface area contributed by atoms with Gasteiger partial charge in [-0.3, -0.25) is 18.6 Å². The van der Waals surface area contributed by atoms with Crippen LogP contribution in [0.5, 0.6) is 0 Å². The molecular weight excluding hydrogens is 389 g/mol. The van der Waals surface area contributed by atoms with E-state index in [1.165, 1.54) is 0 Å². The molecule has 0 radical (unpaired) electrons. The molecule has 0 rings (SSSR count). The van der Waals surface area contributed by atoms with Crippen LogP contribution in [0.2, 0.25) is 0 Å². The molecule has 0 saturated heterocycles. The predicted octanol–water partition coefficient (Wildman–Crippen LogP) is 2.66. The smallest absolute Gasteiger partial charge is 0.462 e. The van der Waals surface area contributed by atoms with E-state index in [9.17, 15) is 19.0 Å². The number of phosphoric acid groups is 1. The van der Waals surface area contributed by atoms with Crippen LogP contribution in [0.4, 0.5) is 0 Å². The molecule has 0 aromatic rings. The molecule has 0 aromatic carbocycles. The van der Waals surface area contributed by atoms with Crippen molar-refractivity contribution in [2.24, 2.45) is 0 Å². The Bertz CT molecular complexity index is 506. The molecule has 0 amide bonds. The van der Waals surface area contributed by atoms with Gasteiger partial charge in [0.15, 0.2) is 6.10 Å². The molecule has 0 aliphatic heterocycles. The van der Waals surface area contributed by atoms with Crippen LogP contribution in [0.1, 0.15) is 52.4 Å². The van der Waals surface area contributed by atoms with Crippen LogP contribution in [-0.2, 0) is 32.7 Å². The lowest BCUT2D eigenvalue weighted by atomic mass is 10.2. The number of nitrogens with zero attached hydrogens (tertiary/aromatic N) is 1. The Balaban J connectivity index is 4.60. The summed E-state index contributed by atoms with van der Waals surface area (Å²) in [7, 11) is 1.46. The summed E-state index contributed by atoms with van der Waals surface area (Å²) < 4.78 is 32.7. The lowest BCUT2D eigenvalue weighted by Crippen LogP contribution is -2.37.